The van der Waals surface area contributed by atoms with E-state index in [0.717, 1.165) is 0 Å². The van der Waals surface area contributed by atoms with Crippen molar-refractivity contribution in [3.05, 3.63) is 31.7 Å². The Balaban J connectivity index is 3.58. The van der Waals surface area contributed by atoms with Crippen molar-refractivity contribution in [1.82, 2.24) is 0 Å². The predicted molar refractivity (Wildman–Crippen MR) is 29.7 cm³/mol. The van der Waals surface area contributed by atoms with E-state index in [1.807, 2.05) is 0 Å². The van der Waals surface area contributed by atoms with E-state index in [1.165, 1.54) is 18.2 Å². The van der Waals surface area contributed by atoms with Crippen LogP contribution in [0.3, 0.4) is 0 Å². The molecule has 0 amide bonds. The van der Waals surface area contributed by atoms with Crippen LogP contribution < -0.4 is 0 Å². The molecule has 0 spiro atoms. The van der Waals surface area contributed by atoms with Gasteiger partial charge in [-0.15, -0.1) is 0 Å². The van der Waals surface area contributed by atoms with Gasteiger partial charge in [0.2, 0.25) is 0 Å². The number of hydrogen-bond donors (Lipinski definition) is 0. The SMILES string of the molecule is [CH2]C=CC(=O)C=C. The number of carbonyl (C=O) groups excluding carboxylic acids is 1. The molecular formula is C6H7O. The summed E-state index contributed by atoms with van der Waals surface area (Å²) in [4.78, 5) is 10.2. The number of hydrogen-bond acceptors (Lipinski definition) is 1. The first-order valence-corrected chi connectivity index (χ1v) is 1.93. The van der Waals surface area contributed by atoms with Gasteiger partial charge < -0.3 is 0 Å². The summed E-state index contributed by atoms with van der Waals surface area (Å²) in [5, 5.41) is 0. The van der Waals surface area contributed by atoms with Crippen LogP contribution >= 0.6 is 0 Å². The average Bonchev–Trinajstić information content (AvgIpc) is 1.68. The van der Waals surface area contributed by atoms with Crippen LogP contribution in [-0.2, 0) is 4.79 Å². The first kappa shape index (κ1) is 6.15. The largest absolute Gasteiger partial charge is 0.290 e. The summed E-state index contributed by atoms with van der Waals surface area (Å²) in [5.41, 5.74) is 0. The minimum Gasteiger partial charge on any atom is -0.290 e. The number of ketones is 1. The molecule has 1 radical (unpaired) electrons. The lowest BCUT2D eigenvalue weighted by molar-refractivity contribution is -0.110. The zero-order valence-electron chi connectivity index (χ0n) is 4.05. The van der Waals surface area contributed by atoms with Crippen molar-refractivity contribution in [2.45, 2.75) is 0 Å². The number of carbonyl (C=O) groups is 1. The minimum absolute atomic E-state index is 0.102. The molecule has 0 unspecified atom stereocenters. The molecule has 0 saturated carbocycles. The summed E-state index contributed by atoms with van der Waals surface area (Å²) >= 11 is 0. The highest BCUT2D eigenvalue weighted by atomic mass is 16.1. The molecule has 1 heteroatoms. The third kappa shape index (κ3) is 2.97. The van der Waals surface area contributed by atoms with Gasteiger partial charge in [-0.1, -0.05) is 12.7 Å². The van der Waals surface area contributed by atoms with E-state index in [4.69, 9.17) is 0 Å². The Bertz CT molecular complexity index is 101. The van der Waals surface area contributed by atoms with Crippen molar-refractivity contribution in [2.24, 2.45) is 0 Å². The highest BCUT2D eigenvalue weighted by molar-refractivity contribution is 5.98. The quantitative estimate of drug-likeness (QED) is 0.470. The van der Waals surface area contributed by atoms with Crippen molar-refractivity contribution in [3.8, 4) is 0 Å². The molecule has 37 valence electrons. The zero-order chi connectivity index (χ0) is 5.70. The fourth-order valence-electron chi connectivity index (χ4n) is 0.184. The second kappa shape index (κ2) is 3.34. The average molecular weight is 95.1 g/mol. The van der Waals surface area contributed by atoms with E-state index in [9.17, 15) is 4.79 Å². The summed E-state index contributed by atoms with van der Waals surface area (Å²) in [6, 6.07) is 0. The lowest BCUT2D eigenvalue weighted by atomic mass is 10.3. The highest BCUT2D eigenvalue weighted by Crippen LogP contribution is 1.73. The van der Waals surface area contributed by atoms with E-state index >= 15 is 0 Å². The molecule has 0 aromatic rings. The first-order valence-electron chi connectivity index (χ1n) is 1.93. The summed E-state index contributed by atoms with van der Waals surface area (Å²) in [6.07, 6.45) is 4.03. The molecule has 0 heterocycles. The Hall–Kier alpha value is -0.850. The Morgan fingerprint density at radius 2 is 2.14 bits per heavy atom. The molecule has 0 rings (SSSR count). The van der Waals surface area contributed by atoms with Gasteiger partial charge in [-0.3, -0.25) is 4.79 Å². The van der Waals surface area contributed by atoms with Crippen LogP contribution in [-0.4, -0.2) is 5.78 Å². The zero-order valence-corrected chi connectivity index (χ0v) is 4.05. The maximum atomic E-state index is 10.2. The number of rotatable bonds is 2. The van der Waals surface area contributed by atoms with Crippen molar-refractivity contribution in [1.29, 1.82) is 0 Å². The van der Waals surface area contributed by atoms with Gasteiger partial charge in [0.15, 0.2) is 5.78 Å². The second-order valence-corrected chi connectivity index (χ2v) is 1.01. The molecule has 0 aromatic carbocycles. The Morgan fingerprint density at radius 3 is 2.29 bits per heavy atom. The molecule has 0 fully saturated rings. The Kier molecular flexibility index (Phi) is 2.94. The van der Waals surface area contributed by atoms with Gasteiger partial charge in [0.05, 0.1) is 0 Å². The van der Waals surface area contributed by atoms with Gasteiger partial charge in [-0.25, -0.2) is 0 Å². The lowest BCUT2D eigenvalue weighted by Crippen LogP contribution is -1.80. The molecule has 0 N–H and O–H groups in total. The van der Waals surface area contributed by atoms with Crippen molar-refractivity contribution in [3.63, 3.8) is 0 Å². The van der Waals surface area contributed by atoms with Crippen LogP contribution in [0.4, 0.5) is 0 Å². The smallest absolute Gasteiger partial charge is 0.177 e. The van der Waals surface area contributed by atoms with Crippen LogP contribution in [0, 0.1) is 6.92 Å². The van der Waals surface area contributed by atoms with E-state index in [2.05, 4.69) is 13.5 Å². The van der Waals surface area contributed by atoms with Crippen LogP contribution in [0.25, 0.3) is 0 Å². The van der Waals surface area contributed by atoms with Gasteiger partial charge in [0.1, 0.15) is 0 Å². The fraction of sp³-hybridized carbons (Fsp3) is 0. The number of allylic oxidation sites excluding steroid dienone is 3. The van der Waals surface area contributed by atoms with Crippen molar-refractivity contribution < 1.29 is 4.79 Å². The molecule has 0 bridgehead atoms. The third-order valence-corrected chi connectivity index (χ3v) is 0.483. The molecule has 0 aliphatic carbocycles. The predicted octanol–water partition coefficient (Wildman–Crippen LogP) is 1.13. The molecule has 7 heavy (non-hydrogen) atoms. The van der Waals surface area contributed by atoms with Gasteiger partial charge in [-0.05, 0) is 19.1 Å². The van der Waals surface area contributed by atoms with E-state index in [-0.39, 0.29) is 5.78 Å². The highest BCUT2D eigenvalue weighted by Gasteiger charge is 1.78. The minimum atomic E-state index is -0.102. The first-order chi connectivity index (χ1) is 3.31. The molecule has 0 saturated heterocycles. The van der Waals surface area contributed by atoms with Crippen molar-refractivity contribution in [2.75, 3.05) is 0 Å². The molecule has 0 aliphatic heterocycles. The third-order valence-electron chi connectivity index (χ3n) is 0.483. The van der Waals surface area contributed by atoms with Gasteiger partial charge in [0, 0.05) is 0 Å². The standard InChI is InChI=1S/C6H7O/c1-3-5-6(7)4-2/h3-5H,1-2H2. The molecule has 0 aromatic heterocycles. The molecular weight excluding hydrogens is 88.1 g/mol. The van der Waals surface area contributed by atoms with Crippen molar-refractivity contribution >= 4 is 5.78 Å². The normalized spacial score (nSPS) is 9.29. The van der Waals surface area contributed by atoms with E-state index in [1.54, 1.807) is 0 Å². The summed E-state index contributed by atoms with van der Waals surface area (Å²) in [6.45, 7) is 6.58. The summed E-state index contributed by atoms with van der Waals surface area (Å²) in [7, 11) is 0. The van der Waals surface area contributed by atoms with Crippen LogP contribution in [0.15, 0.2) is 24.8 Å². The molecule has 0 aliphatic rings. The topological polar surface area (TPSA) is 17.1 Å². The van der Waals surface area contributed by atoms with Crippen LogP contribution in [0.5, 0.6) is 0 Å². The lowest BCUT2D eigenvalue weighted by Gasteiger charge is -1.72. The monoisotopic (exact) mass is 95.0 g/mol. The molecule has 1 nitrogen and oxygen atoms in total. The maximum absolute atomic E-state index is 10.2. The van der Waals surface area contributed by atoms with Gasteiger partial charge >= 0.3 is 0 Å². The van der Waals surface area contributed by atoms with Gasteiger partial charge in [0.25, 0.3) is 0 Å². The van der Waals surface area contributed by atoms with Crippen LogP contribution in [0.2, 0.25) is 0 Å². The Labute approximate surface area is 43.3 Å². The summed E-state index contributed by atoms with van der Waals surface area (Å²) < 4.78 is 0. The van der Waals surface area contributed by atoms with E-state index < -0.39 is 0 Å². The van der Waals surface area contributed by atoms with E-state index in [0.29, 0.717) is 0 Å². The van der Waals surface area contributed by atoms with Gasteiger partial charge in [-0.2, -0.15) is 0 Å². The van der Waals surface area contributed by atoms with Crippen LogP contribution in [0.1, 0.15) is 0 Å². The second-order valence-electron chi connectivity index (χ2n) is 1.01. The summed E-state index contributed by atoms with van der Waals surface area (Å²) in [5.74, 6) is -0.102. The molecule has 0 atom stereocenters. The Morgan fingerprint density at radius 1 is 1.57 bits per heavy atom. The fourth-order valence-corrected chi connectivity index (χ4v) is 0.184. The maximum Gasteiger partial charge on any atom is 0.177 e.